The molecule has 0 spiro atoms. The molecular formula is C25H23BrFN3O3S. The zero-order valence-corrected chi connectivity index (χ0v) is 20.5. The molecule has 0 fully saturated rings. The van der Waals surface area contributed by atoms with E-state index in [2.05, 4.69) is 31.8 Å². The molecule has 0 aliphatic carbocycles. The van der Waals surface area contributed by atoms with E-state index < -0.39 is 11.7 Å². The topological polar surface area (TPSA) is 90.8 Å². The molecule has 0 saturated carbocycles. The molecule has 0 bridgehead atoms. The maximum atomic E-state index is 13.3. The fourth-order valence-corrected chi connectivity index (χ4v) is 4.20. The Kier molecular flexibility index (Phi) is 9.81. The first kappa shape index (κ1) is 25.6. The van der Waals surface area contributed by atoms with Crippen LogP contribution < -0.4 is 10.7 Å². The maximum absolute atomic E-state index is 13.3. The predicted octanol–water partition coefficient (Wildman–Crippen LogP) is 5.22. The van der Waals surface area contributed by atoms with Gasteiger partial charge in [-0.25, -0.2) is 9.82 Å². The number of amides is 2. The quantitative estimate of drug-likeness (QED) is 0.186. The predicted molar refractivity (Wildman–Crippen MR) is 138 cm³/mol. The van der Waals surface area contributed by atoms with Gasteiger partial charge >= 0.3 is 0 Å². The lowest BCUT2D eigenvalue weighted by Gasteiger charge is -2.11. The zero-order valence-electron chi connectivity index (χ0n) is 18.1. The van der Waals surface area contributed by atoms with Crippen molar-refractivity contribution in [3.63, 3.8) is 0 Å². The van der Waals surface area contributed by atoms with Crippen LogP contribution in [0.25, 0.3) is 0 Å². The number of hydrazone groups is 1. The van der Waals surface area contributed by atoms with Crippen molar-refractivity contribution in [2.75, 3.05) is 17.7 Å². The third-order valence-electron chi connectivity index (χ3n) is 4.63. The van der Waals surface area contributed by atoms with Crippen LogP contribution in [0.4, 0.5) is 10.1 Å². The lowest BCUT2D eigenvalue weighted by molar-refractivity contribution is 0.0956. The van der Waals surface area contributed by atoms with Crippen molar-refractivity contribution in [1.82, 2.24) is 5.43 Å². The number of hydrogen-bond donors (Lipinski definition) is 3. The van der Waals surface area contributed by atoms with Crippen molar-refractivity contribution in [2.45, 2.75) is 12.2 Å². The molecule has 3 rings (SSSR count). The number of aliphatic hydroxyl groups is 1. The Morgan fingerprint density at radius 1 is 1.06 bits per heavy atom. The molecule has 3 aromatic carbocycles. The smallest absolute Gasteiger partial charge is 0.273 e. The first-order valence-electron chi connectivity index (χ1n) is 10.4. The molecule has 2 amide bonds. The number of nitrogens with zero attached hydrogens (tertiary/aromatic N) is 1. The van der Waals surface area contributed by atoms with Crippen LogP contribution in [-0.4, -0.2) is 35.5 Å². The number of benzene rings is 3. The summed E-state index contributed by atoms with van der Waals surface area (Å²) in [5, 5.41) is 15.5. The number of carbonyl (C=O) groups excluding carboxylic acids is 2. The van der Waals surface area contributed by atoms with Crippen LogP contribution in [0.15, 0.2) is 76.3 Å². The van der Waals surface area contributed by atoms with Gasteiger partial charge in [-0.3, -0.25) is 9.59 Å². The largest absolute Gasteiger partial charge is 0.396 e. The summed E-state index contributed by atoms with van der Waals surface area (Å²) in [6.45, 7) is 0.182. The Morgan fingerprint density at radius 3 is 2.59 bits per heavy atom. The van der Waals surface area contributed by atoms with Crippen molar-refractivity contribution in [3.05, 3.63) is 99.3 Å². The summed E-state index contributed by atoms with van der Waals surface area (Å²) in [7, 11) is 0. The average Bonchev–Trinajstić information content (AvgIpc) is 2.83. The van der Waals surface area contributed by atoms with Crippen molar-refractivity contribution in [2.24, 2.45) is 5.10 Å². The summed E-state index contributed by atoms with van der Waals surface area (Å²) in [4.78, 5) is 25.5. The van der Waals surface area contributed by atoms with Gasteiger partial charge in [0.1, 0.15) is 5.82 Å². The minimum Gasteiger partial charge on any atom is -0.396 e. The van der Waals surface area contributed by atoms with Crippen LogP contribution in [0.5, 0.6) is 0 Å². The van der Waals surface area contributed by atoms with Gasteiger partial charge in [-0.2, -0.15) is 16.9 Å². The number of aliphatic hydroxyl groups excluding tert-OH is 1. The van der Waals surface area contributed by atoms with E-state index in [0.29, 0.717) is 21.3 Å². The monoisotopic (exact) mass is 543 g/mol. The van der Waals surface area contributed by atoms with Crippen LogP contribution >= 0.6 is 27.7 Å². The SMILES string of the molecule is O=C(Nc1ccc(Br)cc1C(=O)N/N=C/c1cccc(F)c1)c1ccc(CSCCCO)cc1. The molecular weight excluding hydrogens is 521 g/mol. The van der Waals surface area contributed by atoms with Crippen LogP contribution in [0, 0.1) is 5.82 Å². The molecule has 9 heteroatoms. The highest BCUT2D eigenvalue weighted by Gasteiger charge is 2.15. The summed E-state index contributed by atoms with van der Waals surface area (Å²) >= 11 is 5.06. The number of hydrogen-bond acceptors (Lipinski definition) is 5. The van der Waals surface area contributed by atoms with E-state index in [4.69, 9.17) is 5.11 Å². The average molecular weight is 544 g/mol. The van der Waals surface area contributed by atoms with Gasteiger partial charge in [0.05, 0.1) is 17.5 Å². The third kappa shape index (κ3) is 7.79. The fourth-order valence-electron chi connectivity index (χ4n) is 2.93. The molecule has 0 heterocycles. The van der Waals surface area contributed by atoms with Crippen LogP contribution in [0.3, 0.4) is 0 Å². The summed E-state index contributed by atoms with van der Waals surface area (Å²) in [6.07, 6.45) is 2.09. The van der Waals surface area contributed by atoms with Gasteiger partial charge in [-0.15, -0.1) is 0 Å². The lowest BCUT2D eigenvalue weighted by atomic mass is 10.1. The first-order chi connectivity index (χ1) is 16.5. The number of nitrogens with one attached hydrogen (secondary N) is 2. The summed E-state index contributed by atoms with van der Waals surface area (Å²) < 4.78 is 13.9. The highest BCUT2D eigenvalue weighted by molar-refractivity contribution is 9.10. The number of rotatable bonds is 10. The normalized spacial score (nSPS) is 10.9. The molecule has 34 heavy (non-hydrogen) atoms. The van der Waals surface area contributed by atoms with Gasteiger partial charge in [0.25, 0.3) is 11.8 Å². The van der Waals surface area contributed by atoms with Crippen molar-refractivity contribution >= 4 is 51.4 Å². The number of thioether (sulfide) groups is 1. The van der Waals surface area contributed by atoms with E-state index in [-0.39, 0.29) is 18.1 Å². The van der Waals surface area contributed by atoms with Gasteiger partial charge in [0.2, 0.25) is 0 Å². The number of carbonyl (C=O) groups is 2. The first-order valence-corrected chi connectivity index (χ1v) is 12.4. The number of anilines is 1. The Hall–Kier alpha value is -3.01. The Balaban J connectivity index is 1.65. The summed E-state index contributed by atoms with van der Waals surface area (Å²) in [5.41, 5.74) is 4.99. The van der Waals surface area contributed by atoms with Crippen LogP contribution in [0.1, 0.15) is 38.3 Å². The Labute approximate surface area is 209 Å². The van der Waals surface area contributed by atoms with Crippen LogP contribution in [0.2, 0.25) is 0 Å². The Bertz CT molecular complexity index is 1170. The van der Waals surface area contributed by atoms with Crippen molar-refractivity contribution in [3.8, 4) is 0 Å². The molecule has 0 radical (unpaired) electrons. The second-order valence-corrected chi connectivity index (χ2v) is 9.25. The minimum absolute atomic E-state index is 0.182. The zero-order chi connectivity index (χ0) is 24.3. The van der Waals surface area contributed by atoms with Crippen LogP contribution in [-0.2, 0) is 5.75 Å². The second kappa shape index (κ2) is 13.0. The molecule has 6 nitrogen and oxygen atoms in total. The van der Waals surface area contributed by atoms with E-state index >= 15 is 0 Å². The van der Waals surface area contributed by atoms with Crippen molar-refractivity contribution in [1.29, 1.82) is 0 Å². The lowest BCUT2D eigenvalue weighted by Crippen LogP contribution is -2.21. The molecule has 0 unspecified atom stereocenters. The van der Waals surface area contributed by atoms with E-state index in [1.807, 2.05) is 12.1 Å². The third-order valence-corrected chi connectivity index (χ3v) is 6.24. The molecule has 0 aromatic heterocycles. The van der Waals surface area contributed by atoms with Gasteiger partial charge in [-0.05, 0) is 65.8 Å². The second-order valence-electron chi connectivity index (χ2n) is 7.22. The van der Waals surface area contributed by atoms with Gasteiger partial charge in [-0.1, -0.05) is 40.2 Å². The highest BCUT2D eigenvalue weighted by Crippen LogP contribution is 2.22. The van der Waals surface area contributed by atoms with Gasteiger partial charge in [0, 0.05) is 22.4 Å². The molecule has 0 atom stereocenters. The fraction of sp³-hybridized carbons (Fsp3) is 0.160. The standard InChI is InChI=1S/C25H23BrFN3O3S/c26-20-9-10-23(22(14-20)25(33)30-28-15-18-3-1-4-21(27)13-18)29-24(32)19-7-5-17(6-8-19)16-34-12-2-11-31/h1,3-10,13-15,31H,2,11-12,16H2,(H,29,32)(H,30,33)/b28-15+. The van der Waals surface area contributed by atoms with E-state index in [9.17, 15) is 14.0 Å². The summed E-state index contributed by atoms with van der Waals surface area (Å²) in [5.74, 6) is 0.397. The van der Waals surface area contributed by atoms with Gasteiger partial charge in [0.15, 0.2) is 0 Å². The Morgan fingerprint density at radius 2 is 1.85 bits per heavy atom. The molecule has 0 aliphatic heterocycles. The van der Waals surface area contributed by atoms with Gasteiger partial charge < -0.3 is 10.4 Å². The van der Waals surface area contributed by atoms with E-state index in [1.54, 1.807) is 54.2 Å². The minimum atomic E-state index is -0.528. The summed E-state index contributed by atoms with van der Waals surface area (Å²) in [6, 6.07) is 18.0. The highest BCUT2D eigenvalue weighted by atomic mass is 79.9. The molecule has 3 aromatic rings. The molecule has 0 aliphatic rings. The van der Waals surface area contributed by atoms with Crippen molar-refractivity contribution < 1.29 is 19.1 Å². The molecule has 176 valence electrons. The molecule has 0 saturated heterocycles. The van der Waals surface area contributed by atoms with E-state index in [0.717, 1.165) is 23.5 Å². The number of halogens is 2. The maximum Gasteiger partial charge on any atom is 0.273 e. The van der Waals surface area contributed by atoms with E-state index in [1.165, 1.54) is 18.3 Å². The molecule has 3 N–H and O–H groups in total.